The summed E-state index contributed by atoms with van der Waals surface area (Å²) in [5.74, 6) is 0. The van der Waals surface area contributed by atoms with E-state index in [0.29, 0.717) is 11.3 Å². The van der Waals surface area contributed by atoms with Gasteiger partial charge in [0.05, 0.1) is 11.5 Å². The summed E-state index contributed by atoms with van der Waals surface area (Å²) in [5.41, 5.74) is 0.976. The van der Waals surface area contributed by atoms with E-state index in [1.54, 1.807) is 26.2 Å². The third-order valence-corrected chi connectivity index (χ3v) is 2.43. The van der Waals surface area contributed by atoms with Crippen LogP contribution in [0.1, 0.15) is 5.56 Å². The molecule has 1 N–H and O–H groups in total. The number of halogens is 2. The minimum absolute atomic E-state index is 0.0551. The van der Waals surface area contributed by atoms with Crippen molar-refractivity contribution in [3.63, 3.8) is 0 Å². The third kappa shape index (κ3) is 3.92. The minimum Gasteiger partial charge on any atom is -0.383 e. The van der Waals surface area contributed by atoms with Crippen LogP contribution in [0.15, 0.2) is 18.2 Å². The SMILES string of the molecule is CNc1ccc(CN(C)CC(F)F)cc1[N+](=O)[O-]. The summed E-state index contributed by atoms with van der Waals surface area (Å²) in [4.78, 5) is 11.8. The fraction of sp³-hybridized carbons (Fsp3) is 0.455. The van der Waals surface area contributed by atoms with Gasteiger partial charge in [-0.25, -0.2) is 8.78 Å². The van der Waals surface area contributed by atoms with E-state index in [0.717, 1.165) is 0 Å². The van der Waals surface area contributed by atoms with Crippen molar-refractivity contribution in [3.8, 4) is 0 Å². The number of alkyl halides is 2. The topological polar surface area (TPSA) is 58.4 Å². The molecule has 0 spiro atoms. The van der Waals surface area contributed by atoms with E-state index < -0.39 is 11.3 Å². The minimum atomic E-state index is -2.42. The van der Waals surface area contributed by atoms with Gasteiger partial charge in [-0.2, -0.15) is 0 Å². The maximum Gasteiger partial charge on any atom is 0.292 e. The maximum absolute atomic E-state index is 12.2. The molecular formula is C11H15F2N3O2. The lowest BCUT2D eigenvalue weighted by Crippen LogP contribution is -2.24. The number of nitro benzene ring substituents is 1. The zero-order chi connectivity index (χ0) is 13.7. The Morgan fingerprint density at radius 3 is 2.67 bits per heavy atom. The summed E-state index contributed by atoms with van der Waals surface area (Å²) < 4.78 is 24.3. The molecule has 0 aliphatic carbocycles. The molecule has 18 heavy (non-hydrogen) atoms. The number of hydrogen-bond acceptors (Lipinski definition) is 4. The number of rotatable bonds is 6. The van der Waals surface area contributed by atoms with Gasteiger partial charge in [0, 0.05) is 19.7 Å². The summed E-state index contributed by atoms with van der Waals surface area (Å²) in [6, 6.07) is 4.65. The predicted octanol–water partition coefficient (Wildman–Crippen LogP) is 2.33. The summed E-state index contributed by atoms with van der Waals surface area (Å²) in [5, 5.41) is 13.5. The standard InChI is InChI=1S/C11H15F2N3O2/c1-14-9-4-3-8(5-10(9)16(17)18)6-15(2)7-11(12)13/h3-5,11,14H,6-7H2,1-2H3. The van der Waals surface area contributed by atoms with Crippen molar-refractivity contribution >= 4 is 11.4 Å². The van der Waals surface area contributed by atoms with Crippen LogP contribution in [0.3, 0.4) is 0 Å². The van der Waals surface area contributed by atoms with E-state index >= 15 is 0 Å². The average Bonchev–Trinajstić information content (AvgIpc) is 2.27. The molecule has 0 amide bonds. The number of nitrogens with one attached hydrogen (secondary N) is 1. The highest BCUT2D eigenvalue weighted by atomic mass is 19.3. The Bertz CT molecular complexity index is 427. The molecule has 0 saturated carbocycles. The fourth-order valence-electron chi connectivity index (χ4n) is 1.65. The van der Waals surface area contributed by atoms with E-state index in [1.165, 1.54) is 11.0 Å². The first kappa shape index (κ1) is 14.3. The van der Waals surface area contributed by atoms with Crippen molar-refractivity contribution < 1.29 is 13.7 Å². The molecular weight excluding hydrogens is 244 g/mol. The van der Waals surface area contributed by atoms with Crippen LogP contribution >= 0.6 is 0 Å². The van der Waals surface area contributed by atoms with Crippen LogP contribution in [0.2, 0.25) is 0 Å². The molecule has 7 heteroatoms. The Balaban J connectivity index is 2.85. The quantitative estimate of drug-likeness (QED) is 0.629. The van der Waals surface area contributed by atoms with Gasteiger partial charge in [0.1, 0.15) is 5.69 Å². The Labute approximate surface area is 104 Å². The molecule has 0 aliphatic heterocycles. The van der Waals surface area contributed by atoms with Crippen molar-refractivity contribution in [1.82, 2.24) is 4.90 Å². The van der Waals surface area contributed by atoms with Gasteiger partial charge >= 0.3 is 0 Å². The highest BCUT2D eigenvalue weighted by Gasteiger charge is 2.15. The van der Waals surface area contributed by atoms with Crippen molar-refractivity contribution in [1.29, 1.82) is 0 Å². The third-order valence-electron chi connectivity index (χ3n) is 2.43. The Morgan fingerprint density at radius 2 is 2.17 bits per heavy atom. The largest absolute Gasteiger partial charge is 0.383 e. The van der Waals surface area contributed by atoms with Crippen molar-refractivity contribution in [2.24, 2.45) is 0 Å². The number of hydrogen-bond donors (Lipinski definition) is 1. The van der Waals surface area contributed by atoms with Gasteiger partial charge in [-0.3, -0.25) is 15.0 Å². The van der Waals surface area contributed by atoms with Crippen LogP contribution < -0.4 is 5.32 Å². The normalized spacial score (nSPS) is 11.0. The molecule has 5 nitrogen and oxygen atoms in total. The smallest absolute Gasteiger partial charge is 0.292 e. The van der Waals surface area contributed by atoms with Gasteiger partial charge in [-0.15, -0.1) is 0 Å². The monoisotopic (exact) mass is 259 g/mol. The van der Waals surface area contributed by atoms with Crippen LogP contribution in [0, 0.1) is 10.1 Å². The van der Waals surface area contributed by atoms with E-state index in [4.69, 9.17) is 0 Å². The first-order chi connectivity index (χ1) is 8.43. The van der Waals surface area contributed by atoms with Gasteiger partial charge in [0.15, 0.2) is 0 Å². The first-order valence-electron chi connectivity index (χ1n) is 5.35. The zero-order valence-corrected chi connectivity index (χ0v) is 10.2. The van der Waals surface area contributed by atoms with Crippen LogP contribution in [0.25, 0.3) is 0 Å². The number of nitro groups is 1. The molecule has 0 aromatic heterocycles. The first-order valence-corrected chi connectivity index (χ1v) is 5.35. The van der Waals surface area contributed by atoms with Gasteiger partial charge in [-0.1, -0.05) is 6.07 Å². The highest BCUT2D eigenvalue weighted by molar-refractivity contribution is 5.62. The van der Waals surface area contributed by atoms with E-state index in [2.05, 4.69) is 5.32 Å². The molecule has 1 aromatic carbocycles. The lowest BCUT2D eigenvalue weighted by atomic mass is 10.1. The van der Waals surface area contributed by atoms with Crippen molar-refractivity contribution in [2.45, 2.75) is 13.0 Å². The van der Waals surface area contributed by atoms with Gasteiger partial charge in [0.2, 0.25) is 0 Å². The van der Waals surface area contributed by atoms with E-state index in [1.807, 2.05) is 0 Å². The summed E-state index contributed by atoms with van der Waals surface area (Å²) in [6.45, 7) is -0.114. The molecule has 1 aromatic rings. The molecule has 0 unspecified atom stereocenters. The average molecular weight is 259 g/mol. The summed E-state index contributed by atoms with van der Waals surface area (Å²) in [7, 11) is 3.13. The Hall–Kier alpha value is -1.76. The van der Waals surface area contributed by atoms with Gasteiger partial charge < -0.3 is 5.32 Å². The molecule has 0 aliphatic rings. The van der Waals surface area contributed by atoms with E-state index in [9.17, 15) is 18.9 Å². The Morgan fingerprint density at radius 1 is 1.50 bits per heavy atom. The van der Waals surface area contributed by atoms with Gasteiger partial charge in [-0.05, 0) is 18.7 Å². The summed E-state index contributed by atoms with van der Waals surface area (Å²) in [6.07, 6.45) is -2.42. The molecule has 0 radical (unpaired) electrons. The lowest BCUT2D eigenvalue weighted by Gasteiger charge is -2.16. The number of anilines is 1. The molecule has 0 saturated heterocycles. The van der Waals surface area contributed by atoms with Crippen LogP contribution in [0.5, 0.6) is 0 Å². The van der Waals surface area contributed by atoms with Crippen LogP contribution in [-0.2, 0) is 6.54 Å². The van der Waals surface area contributed by atoms with E-state index in [-0.39, 0.29) is 18.8 Å². The molecule has 0 bridgehead atoms. The second-order valence-corrected chi connectivity index (χ2v) is 3.95. The number of nitrogens with zero attached hydrogens (tertiary/aromatic N) is 2. The fourth-order valence-corrected chi connectivity index (χ4v) is 1.65. The molecule has 0 heterocycles. The zero-order valence-electron chi connectivity index (χ0n) is 10.2. The molecule has 0 fully saturated rings. The van der Waals surface area contributed by atoms with Crippen LogP contribution in [0.4, 0.5) is 20.2 Å². The van der Waals surface area contributed by atoms with Crippen molar-refractivity contribution in [3.05, 3.63) is 33.9 Å². The van der Waals surface area contributed by atoms with Crippen molar-refractivity contribution in [2.75, 3.05) is 26.0 Å². The van der Waals surface area contributed by atoms with Crippen LogP contribution in [-0.4, -0.2) is 36.9 Å². The molecule has 100 valence electrons. The Kier molecular flexibility index (Phi) is 4.96. The number of benzene rings is 1. The second-order valence-electron chi connectivity index (χ2n) is 3.95. The maximum atomic E-state index is 12.2. The molecule has 1 rings (SSSR count). The second kappa shape index (κ2) is 6.25. The van der Waals surface area contributed by atoms with Gasteiger partial charge in [0.25, 0.3) is 12.1 Å². The lowest BCUT2D eigenvalue weighted by molar-refractivity contribution is -0.384. The predicted molar refractivity (Wildman–Crippen MR) is 65.0 cm³/mol. The highest BCUT2D eigenvalue weighted by Crippen LogP contribution is 2.25. The summed E-state index contributed by atoms with van der Waals surface area (Å²) >= 11 is 0. The molecule has 0 atom stereocenters.